The van der Waals surface area contributed by atoms with E-state index in [2.05, 4.69) is 5.16 Å². The van der Waals surface area contributed by atoms with Gasteiger partial charge in [0.25, 0.3) is 5.91 Å². The van der Waals surface area contributed by atoms with E-state index < -0.39 is 50.9 Å². The average molecular weight is 525 g/mol. The van der Waals surface area contributed by atoms with E-state index in [1.54, 1.807) is 13.8 Å². The van der Waals surface area contributed by atoms with E-state index >= 15 is 0 Å². The van der Waals surface area contributed by atoms with Crippen molar-refractivity contribution >= 4 is 15.7 Å². The fourth-order valence-electron chi connectivity index (χ4n) is 3.83. The molecular weight excluding hydrogens is 499 g/mol. The lowest BCUT2D eigenvalue weighted by Gasteiger charge is -2.26. The molecule has 0 saturated carbocycles. The third-order valence-electron chi connectivity index (χ3n) is 6.29. The maximum absolute atomic E-state index is 13.6. The number of amides is 1. The van der Waals surface area contributed by atoms with E-state index in [0.29, 0.717) is 6.92 Å². The van der Waals surface area contributed by atoms with Gasteiger partial charge in [-0.1, -0.05) is 19.0 Å². The number of hydrogen-bond acceptors (Lipinski definition) is 6. The molecule has 7 nitrogen and oxygen atoms in total. The number of nitrogens with zero attached hydrogens (tertiary/aromatic N) is 2. The fourth-order valence-corrected chi connectivity index (χ4v) is 4.47. The van der Waals surface area contributed by atoms with Crippen molar-refractivity contribution in [2.24, 2.45) is 5.92 Å². The third-order valence-corrected chi connectivity index (χ3v) is 7.40. The smallest absolute Gasteiger partial charge is 0.425 e. The number of carbonyl (C=O) groups excluding carboxylic acids is 1. The van der Waals surface area contributed by atoms with Gasteiger partial charge in [-0.2, -0.15) is 22.0 Å². The van der Waals surface area contributed by atoms with Crippen LogP contribution in [0.2, 0.25) is 0 Å². The molecule has 1 aliphatic heterocycles. The second kappa shape index (κ2) is 8.75. The van der Waals surface area contributed by atoms with Crippen molar-refractivity contribution in [1.82, 2.24) is 10.1 Å². The zero-order chi connectivity index (χ0) is 26.6. The number of rotatable bonds is 6. The van der Waals surface area contributed by atoms with Gasteiger partial charge in [0.1, 0.15) is 5.75 Å². The van der Waals surface area contributed by atoms with Gasteiger partial charge in [0, 0.05) is 37.8 Å². The Morgan fingerprint density at radius 1 is 1.26 bits per heavy atom. The molecule has 0 bridgehead atoms. The first-order valence-electron chi connectivity index (χ1n) is 10.6. The van der Waals surface area contributed by atoms with E-state index in [1.165, 1.54) is 4.90 Å². The number of sulfone groups is 1. The van der Waals surface area contributed by atoms with Crippen molar-refractivity contribution < 1.29 is 44.4 Å². The number of alkyl halides is 5. The van der Waals surface area contributed by atoms with Gasteiger partial charge >= 0.3 is 12.1 Å². The van der Waals surface area contributed by atoms with Gasteiger partial charge < -0.3 is 14.2 Å². The predicted octanol–water partition coefficient (Wildman–Crippen LogP) is 4.57. The highest BCUT2D eigenvalue weighted by molar-refractivity contribution is 7.90. The number of likely N-dealkylation sites (tertiary alicyclic amines) is 1. The van der Waals surface area contributed by atoms with E-state index in [1.807, 2.05) is 0 Å². The largest absolute Gasteiger partial charge is 0.480 e. The first kappa shape index (κ1) is 26.9. The molecule has 1 saturated heterocycles. The van der Waals surface area contributed by atoms with Crippen molar-refractivity contribution in [3.8, 4) is 5.75 Å². The number of benzene rings is 1. The zero-order valence-corrected chi connectivity index (χ0v) is 20.4. The van der Waals surface area contributed by atoms with Crippen molar-refractivity contribution in [3.05, 3.63) is 41.3 Å². The predicted molar refractivity (Wildman–Crippen MR) is 114 cm³/mol. The summed E-state index contributed by atoms with van der Waals surface area (Å²) in [5.74, 6) is -5.38. The first-order chi connectivity index (χ1) is 15.8. The maximum atomic E-state index is 13.6. The van der Waals surface area contributed by atoms with Gasteiger partial charge in [0.15, 0.2) is 15.9 Å². The summed E-state index contributed by atoms with van der Waals surface area (Å²) in [6.07, 6.45) is -6.08. The van der Waals surface area contributed by atoms with Crippen LogP contribution in [0.1, 0.15) is 49.5 Å². The lowest BCUT2D eigenvalue weighted by Crippen LogP contribution is -2.35. The quantitative estimate of drug-likeness (QED) is 0.515. The van der Waals surface area contributed by atoms with Crippen molar-refractivity contribution in [2.75, 3.05) is 19.3 Å². The number of carbonyl (C=O) groups is 1. The Morgan fingerprint density at radius 2 is 1.89 bits per heavy atom. The highest BCUT2D eigenvalue weighted by Crippen LogP contribution is 2.41. The molecule has 3 atom stereocenters. The van der Waals surface area contributed by atoms with Gasteiger partial charge in [0.2, 0.25) is 5.76 Å². The van der Waals surface area contributed by atoms with Crippen molar-refractivity contribution in [1.29, 1.82) is 0 Å². The zero-order valence-electron chi connectivity index (χ0n) is 19.6. The molecule has 1 amide bonds. The van der Waals surface area contributed by atoms with Crippen LogP contribution in [0.4, 0.5) is 22.0 Å². The van der Waals surface area contributed by atoms with Gasteiger partial charge in [0.05, 0.1) is 16.2 Å². The molecule has 3 rings (SSSR count). The molecule has 2 heterocycles. The van der Waals surface area contributed by atoms with Gasteiger partial charge in [-0.3, -0.25) is 4.79 Å². The standard InChI is InChI=1S/C22H25F5N2O5S/c1-12-10-29(11-20(12,3)17-9-18(34-28-17)21(4,23)24)19(30)15-8-14(35(5,31)32)6-7-16(15)33-13(2)22(25,26)27/h6-9,12-13H,10-11H2,1-5H3/t12-,13+,20-/m0/s1. The monoisotopic (exact) mass is 524 g/mol. The van der Waals surface area contributed by atoms with Crippen LogP contribution in [0.25, 0.3) is 0 Å². The van der Waals surface area contributed by atoms with Crippen LogP contribution in [-0.4, -0.2) is 56.0 Å². The molecule has 35 heavy (non-hydrogen) atoms. The summed E-state index contributed by atoms with van der Waals surface area (Å²) < 4.78 is 100. The number of aromatic nitrogens is 1. The molecule has 1 aromatic heterocycles. The Labute approximate surface area is 199 Å². The highest BCUT2D eigenvalue weighted by atomic mass is 32.2. The summed E-state index contributed by atoms with van der Waals surface area (Å²) in [6.45, 7) is 4.98. The average Bonchev–Trinajstić information content (AvgIpc) is 3.32. The van der Waals surface area contributed by atoms with Crippen molar-refractivity contribution in [3.63, 3.8) is 0 Å². The van der Waals surface area contributed by atoms with Crippen LogP contribution in [-0.2, 0) is 21.2 Å². The molecule has 0 N–H and O–H groups in total. The molecule has 1 aliphatic rings. The molecule has 194 valence electrons. The molecule has 0 radical (unpaired) electrons. The second-order valence-corrected chi connectivity index (χ2v) is 11.2. The minimum atomic E-state index is -4.72. The Balaban J connectivity index is 1.98. The normalized spacial score (nSPS) is 22.3. The minimum absolute atomic E-state index is 0.0222. The molecule has 0 aliphatic carbocycles. The van der Waals surface area contributed by atoms with E-state index in [0.717, 1.165) is 37.4 Å². The molecule has 2 aromatic rings. The molecule has 0 unspecified atom stereocenters. The van der Waals surface area contributed by atoms with Crippen molar-refractivity contribution in [2.45, 2.75) is 56.2 Å². The fraction of sp³-hybridized carbons (Fsp3) is 0.545. The Bertz CT molecular complexity index is 1220. The maximum Gasteiger partial charge on any atom is 0.425 e. The summed E-state index contributed by atoms with van der Waals surface area (Å²) in [6, 6.07) is 4.16. The lowest BCUT2D eigenvalue weighted by molar-refractivity contribution is -0.189. The summed E-state index contributed by atoms with van der Waals surface area (Å²) in [5, 5.41) is 3.76. The molecular formula is C22H25F5N2O5S. The minimum Gasteiger partial charge on any atom is -0.480 e. The summed E-state index contributed by atoms with van der Waals surface area (Å²) in [7, 11) is -3.79. The number of hydrogen-bond donors (Lipinski definition) is 0. The van der Waals surface area contributed by atoms with Crippen LogP contribution in [0, 0.1) is 5.92 Å². The summed E-state index contributed by atoms with van der Waals surface area (Å²) >= 11 is 0. The summed E-state index contributed by atoms with van der Waals surface area (Å²) in [4.78, 5) is 14.4. The van der Waals surface area contributed by atoms with E-state index in [-0.39, 0.29) is 35.2 Å². The van der Waals surface area contributed by atoms with Crippen LogP contribution >= 0.6 is 0 Å². The molecule has 0 spiro atoms. The van der Waals surface area contributed by atoms with Gasteiger partial charge in [-0.05, 0) is 31.0 Å². The molecule has 1 aromatic carbocycles. The van der Waals surface area contributed by atoms with Crippen LogP contribution < -0.4 is 4.74 Å². The van der Waals surface area contributed by atoms with E-state index in [4.69, 9.17) is 9.26 Å². The summed E-state index contributed by atoms with van der Waals surface area (Å²) in [5.41, 5.74) is -1.07. The molecule has 1 fully saturated rings. The lowest BCUT2D eigenvalue weighted by atomic mass is 9.78. The van der Waals surface area contributed by atoms with Gasteiger partial charge in [-0.25, -0.2) is 8.42 Å². The Kier molecular flexibility index (Phi) is 6.73. The Morgan fingerprint density at radius 3 is 2.40 bits per heavy atom. The third kappa shape index (κ3) is 5.44. The highest BCUT2D eigenvalue weighted by Gasteiger charge is 2.47. The SMILES string of the molecule is C[C@@H](Oc1ccc(S(C)(=O)=O)cc1C(=O)N1C[C@H](C)[C@@](C)(c2cc(C(C)(F)F)on2)C1)C(F)(F)F. The van der Waals surface area contributed by atoms with Crippen LogP contribution in [0.3, 0.4) is 0 Å². The molecule has 13 heteroatoms. The Hall–Kier alpha value is -2.70. The van der Waals surface area contributed by atoms with Crippen LogP contribution in [0.5, 0.6) is 5.75 Å². The van der Waals surface area contributed by atoms with E-state index in [9.17, 15) is 35.2 Å². The number of ether oxygens (including phenoxy) is 1. The van der Waals surface area contributed by atoms with Crippen LogP contribution in [0.15, 0.2) is 33.7 Å². The number of halogens is 5. The topological polar surface area (TPSA) is 89.7 Å². The second-order valence-electron chi connectivity index (χ2n) is 9.20. The van der Waals surface area contributed by atoms with Gasteiger partial charge in [-0.15, -0.1) is 0 Å². The first-order valence-corrected chi connectivity index (χ1v) is 12.5.